The van der Waals surface area contributed by atoms with Crippen LogP contribution < -0.4 is 5.32 Å². The van der Waals surface area contributed by atoms with Gasteiger partial charge in [-0.15, -0.1) is 0 Å². The summed E-state index contributed by atoms with van der Waals surface area (Å²) < 4.78 is 30.5. The van der Waals surface area contributed by atoms with Gasteiger partial charge in [0.15, 0.2) is 0 Å². The third kappa shape index (κ3) is 4.02. The zero-order valence-corrected chi connectivity index (χ0v) is 13.8. The fourth-order valence-corrected chi connectivity index (χ4v) is 3.36. The summed E-state index contributed by atoms with van der Waals surface area (Å²) in [7, 11) is -0.337. The van der Waals surface area contributed by atoms with Crippen molar-refractivity contribution in [3.8, 4) is 0 Å². The minimum atomic E-state index is -3.33. The lowest BCUT2D eigenvalue weighted by atomic mass is 10.1. The molecule has 1 aliphatic heterocycles. The van der Waals surface area contributed by atoms with Crippen LogP contribution in [0.2, 0.25) is 0 Å². The van der Waals surface area contributed by atoms with Gasteiger partial charge in [0.1, 0.15) is 0 Å². The molecule has 2 rings (SSSR count). The summed E-state index contributed by atoms with van der Waals surface area (Å²) >= 11 is 0. The van der Waals surface area contributed by atoms with E-state index < -0.39 is 10.0 Å². The summed E-state index contributed by atoms with van der Waals surface area (Å²) in [4.78, 5) is 16.3. The molecule has 2 heterocycles. The highest BCUT2D eigenvalue weighted by Crippen LogP contribution is 2.17. The van der Waals surface area contributed by atoms with Crippen molar-refractivity contribution in [3.05, 3.63) is 29.6 Å². The van der Waals surface area contributed by atoms with Gasteiger partial charge in [0.2, 0.25) is 10.0 Å². The fourth-order valence-electron chi connectivity index (χ4n) is 2.20. The standard InChI is InChI=1S/C14H21N3O4S/c1-10-4-5-11(6-15-10)14(18)16-13-8-21-7-12(13)9-22(19,20)17(2)3/h4-6,12-13H,7-9H2,1-3H3,(H,16,18). The summed E-state index contributed by atoms with van der Waals surface area (Å²) in [6, 6.07) is 3.14. The van der Waals surface area contributed by atoms with Crippen LogP contribution in [0.5, 0.6) is 0 Å². The number of sulfonamides is 1. The van der Waals surface area contributed by atoms with E-state index in [9.17, 15) is 13.2 Å². The van der Waals surface area contributed by atoms with Crippen LogP contribution >= 0.6 is 0 Å². The van der Waals surface area contributed by atoms with Gasteiger partial charge >= 0.3 is 0 Å². The van der Waals surface area contributed by atoms with E-state index in [4.69, 9.17) is 4.74 Å². The van der Waals surface area contributed by atoms with E-state index >= 15 is 0 Å². The summed E-state index contributed by atoms with van der Waals surface area (Å²) in [5.41, 5.74) is 1.28. The Morgan fingerprint density at radius 1 is 1.41 bits per heavy atom. The highest BCUT2D eigenvalue weighted by Gasteiger charge is 2.34. The van der Waals surface area contributed by atoms with E-state index in [0.29, 0.717) is 18.8 Å². The van der Waals surface area contributed by atoms with Crippen LogP contribution in [-0.2, 0) is 14.8 Å². The van der Waals surface area contributed by atoms with Gasteiger partial charge in [-0.1, -0.05) is 0 Å². The Morgan fingerprint density at radius 2 is 2.14 bits per heavy atom. The van der Waals surface area contributed by atoms with Gasteiger partial charge in [-0.05, 0) is 19.1 Å². The highest BCUT2D eigenvalue weighted by atomic mass is 32.2. The van der Waals surface area contributed by atoms with Gasteiger partial charge < -0.3 is 10.1 Å². The van der Waals surface area contributed by atoms with Crippen LogP contribution in [0.3, 0.4) is 0 Å². The van der Waals surface area contributed by atoms with Crippen LogP contribution in [0.25, 0.3) is 0 Å². The Kier molecular flexibility index (Phi) is 5.15. The Labute approximate surface area is 130 Å². The number of carbonyl (C=O) groups excluding carboxylic acids is 1. The smallest absolute Gasteiger partial charge is 0.253 e. The normalized spacial score (nSPS) is 22.0. The number of aryl methyl sites for hydroxylation is 1. The number of ether oxygens (including phenoxy) is 1. The molecular formula is C14H21N3O4S. The summed E-state index contributed by atoms with van der Waals surface area (Å²) in [6.45, 7) is 2.48. The second-order valence-corrected chi connectivity index (χ2v) is 7.85. The van der Waals surface area contributed by atoms with Crippen LogP contribution in [0, 0.1) is 12.8 Å². The lowest BCUT2D eigenvalue weighted by Gasteiger charge is -2.21. The van der Waals surface area contributed by atoms with Crippen molar-refractivity contribution in [1.29, 1.82) is 0 Å². The van der Waals surface area contributed by atoms with Gasteiger partial charge in [-0.2, -0.15) is 0 Å². The molecule has 1 aromatic heterocycles. The van der Waals surface area contributed by atoms with Crippen molar-refractivity contribution in [1.82, 2.24) is 14.6 Å². The minimum absolute atomic E-state index is 0.0445. The molecule has 0 spiro atoms. The van der Waals surface area contributed by atoms with Crippen molar-refractivity contribution >= 4 is 15.9 Å². The Hall–Kier alpha value is -1.51. The summed E-state index contributed by atoms with van der Waals surface area (Å²) in [5.74, 6) is -0.568. The fraction of sp³-hybridized carbons (Fsp3) is 0.571. The van der Waals surface area contributed by atoms with E-state index in [2.05, 4.69) is 10.3 Å². The number of rotatable bonds is 5. The number of pyridine rings is 1. The predicted octanol–water partition coefficient (Wildman–Crippen LogP) is 0.0262. The molecule has 0 saturated carbocycles. The first kappa shape index (κ1) is 16.9. The quantitative estimate of drug-likeness (QED) is 0.824. The van der Waals surface area contributed by atoms with Crippen molar-refractivity contribution in [2.75, 3.05) is 33.1 Å². The third-order valence-electron chi connectivity index (χ3n) is 3.67. The van der Waals surface area contributed by atoms with Crippen LogP contribution in [-0.4, -0.2) is 62.7 Å². The van der Waals surface area contributed by atoms with E-state index in [1.165, 1.54) is 24.6 Å². The first-order valence-electron chi connectivity index (χ1n) is 7.01. The molecule has 0 bridgehead atoms. The molecule has 1 aromatic rings. The molecular weight excluding hydrogens is 306 g/mol. The number of nitrogens with one attached hydrogen (secondary N) is 1. The first-order valence-corrected chi connectivity index (χ1v) is 8.62. The Balaban J connectivity index is 2.02. The first-order chi connectivity index (χ1) is 10.3. The van der Waals surface area contributed by atoms with E-state index in [1.54, 1.807) is 12.1 Å². The average molecular weight is 327 g/mol. The van der Waals surface area contributed by atoms with Crippen LogP contribution in [0.1, 0.15) is 16.1 Å². The number of aromatic nitrogens is 1. The Bertz CT molecular complexity index is 628. The maximum atomic E-state index is 12.2. The maximum absolute atomic E-state index is 12.2. The van der Waals surface area contributed by atoms with Crippen molar-refractivity contribution in [2.24, 2.45) is 5.92 Å². The molecule has 1 aliphatic rings. The molecule has 2 atom stereocenters. The summed E-state index contributed by atoms with van der Waals surface area (Å²) in [5, 5.41) is 2.84. The minimum Gasteiger partial charge on any atom is -0.379 e. The lowest BCUT2D eigenvalue weighted by molar-refractivity contribution is 0.0925. The highest BCUT2D eigenvalue weighted by molar-refractivity contribution is 7.89. The van der Waals surface area contributed by atoms with Gasteiger partial charge in [-0.25, -0.2) is 12.7 Å². The zero-order chi connectivity index (χ0) is 16.3. The van der Waals surface area contributed by atoms with Crippen molar-refractivity contribution in [2.45, 2.75) is 13.0 Å². The molecule has 1 saturated heterocycles. The second kappa shape index (κ2) is 6.72. The van der Waals surface area contributed by atoms with Gasteiger partial charge in [-0.3, -0.25) is 9.78 Å². The molecule has 1 fully saturated rings. The number of hydrogen-bond acceptors (Lipinski definition) is 5. The SMILES string of the molecule is Cc1ccc(C(=O)NC2COCC2CS(=O)(=O)N(C)C)cn1. The summed E-state index contributed by atoms with van der Waals surface area (Å²) in [6.07, 6.45) is 1.51. The molecule has 122 valence electrons. The van der Waals surface area contributed by atoms with Gasteiger partial charge in [0.05, 0.1) is 30.6 Å². The maximum Gasteiger partial charge on any atom is 0.253 e. The number of carbonyl (C=O) groups is 1. The van der Waals surface area contributed by atoms with Gasteiger partial charge in [0, 0.05) is 31.9 Å². The van der Waals surface area contributed by atoms with Gasteiger partial charge in [0.25, 0.3) is 5.91 Å². The predicted molar refractivity (Wildman–Crippen MR) is 82.0 cm³/mol. The average Bonchev–Trinajstić information content (AvgIpc) is 2.85. The molecule has 22 heavy (non-hydrogen) atoms. The van der Waals surface area contributed by atoms with Crippen molar-refractivity contribution in [3.63, 3.8) is 0 Å². The molecule has 8 heteroatoms. The lowest BCUT2D eigenvalue weighted by Crippen LogP contribution is -2.43. The number of nitrogens with zero attached hydrogens (tertiary/aromatic N) is 2. The van der Waals surface area contributed by atoms with E-state index in [1.807, 2.05) is 6.92 Å². The molecule has 0 aliphatic carbocycles. The van der Waals surface area contributed by atoms with Crippen molar-refractivity contribution < 1.29 is 17.9 Å². The van der Waals surface area contributed by atoms with Crippen LogP contribution in [0.4, 0.5) is 0 Å². The largest absolute Gasteiger partial charge is 0.379 e. The number of amides is 1. The molecule has 2 unspecified atom stereocenters. The molecule has 1 N–H and O–H groups in total. The third-order valence-corrected chi connectivity index (χ3v) is 5.63. The molecule has 1 amide bonds. The topological polar surface area (TPSA) is 88.6 Å². The second-order valence-electron chi connectivity index (χ2n) is 5.63. The van der Waals surface area contributed by atoms with E-state index in [0.717, 1.165) is 5.69 Å². The van der Waals surface area contributed by atoms with Crippen LogP contribution in [0.15, 0.2) is 18.3 Å². The number of hydrogen-bond donors (Lipinski definition) is 1. The van der Waals surface area contributed by atoms with E-state index in [-0.39, 0.29) is 23.6 Å². The molecule has 0 radical (unpaired) electrons. The molecule has 0 aromatic carbocycles. The Morgan fingerprint density at radius 3 is 2.73 bits per heavy atom. The molecule has 7 nitrogen and oxygen atoms in total. The monoisotopic (exact) mass is 327 g/mol. The zero-order valence-electron chi connectivity index (χ0n) is 12.9.